The van der Waals surface area contributed by atoms with Gasteiger partial charge in [0, 0.05) is 13.1 Å². The molecule has 0 unspecified atom stereocenters. The number of hydrogen-bond acceptors (Lipinski definition) is 4. The number of rotatable bonds is 9. The Kier molecular flexibility index (Phi) is 6.65. The minimum Gasteiger partial charge on any atom is -0.485 e. The summed E-state index contributed by atoms with van der Waals surface area (Å²) in [7, 11) is 0. The lowest BCUT2D eigenvalue weighted by molar-refractivity contribution is 0.290. The van der Waals surface area contributed by atoms with Gasteiger partial charge in [0.2, 0.25) is 0 Å². The van der Waals surface area contributed by atoms with E-state index in [2.05, 4.69) is 5.32 Å². The second-order valence-electron chi connectivity index (χ2n) is 5.87. The van der Waals surface area contributed by atoms with Crippen molar-refractivity contribution in [2.45, 2.75) is 13.2 Å². The Morgan fingerprint density at radius 3 is 2.23 bits per heavy atom. The summed E-state index contributed by atoms with van der Waals surface area (Å²) in [6, 6.07) is 25.6. The van der Waals surface area contributed by atoms with E-state index in [9.17, 15) is 0 Å². The molecule has 0 aliphatic heterocycles. The van der Waals surface area contributed by atoms with Gasteiger partial charge in [-0.1, -0.05) is 54.6 Å². The third-order valence-electron chi connectivity index (χ3n) is 3.83. The van der Waals surface area contributed by atoms with Crippen LogP contribution < -0.4 is 14.8 Å². The first kappa shape index (κ1) is 18.0. The van der Waals surface area contributed by atoms with Gasteiger partial charge in [-0.15, -0.1) is 0 Å². The van der Waals surface area contributed by atoms with E-state index in [1.807, 2.05) is 78.9 Å². The van der Waals surface area contributed by atoms with Gasteiger partial charge in [0.1, 0.15) is 12.4 Å². The van der Waals surface area contributed by atoms with Gasteiger partial charge in [-0.2, -0.15) is 0 Å². The van der Waals surface area contributed by atoms with Crippen LogP contribution in [0.3, 0.4) is 0 Å². The molecule has 4 heteroatoms. The zero-order valence-corrected chi connectivity index (χ0v) is 14.6. The van der Waals surface area contributed by atoms with Crippen LogP contribution in [0.15, 0.2) is 78.9 Å². The summed E-state index contributed by atoms with van der Waals surface area (Å²) in [4.78, 5) is 0. The number of para-hydroxylation sites is 1. The van der Waals surface area contributed by atoms with E-state index in [0.29, 0.717) is 31.2 Å². The van der Waals surface area contributed by atoms with Crippen molar-refractivity contribution in [2.24, 2.45) is 0 Å². The highest BCUT2D eigenvalue weighted by atomic mass is 16.5. The van der Waals surface area contributed by atoms with Gasteiger partial charge in [0.15, 0.2) is 11.5 Å². The highest BCUT2D eigenvalue weighted by molar-refractivity contribution is 5.45. The fraction of sp³-hybridized carbons (Fsp3) is 0.182. The minimum atomic E-state index is 0.117. The van der Waals surface area contributed by atoms with Crippen molar-refractivity contribution < 1.29 is 14.6 Å². The molecule has 0 aliphatic carbocycles. The molecule has 0 amide bonds. The minimum absolute atomic E-state index is 0.117. The first-order chi connectivity index (χ1) is 12.8. The molecule has 0 atom stereocenters. The van der Waals surface area contributed by atoms with Gasteiger partial charge in [0.25, 0.3) is 0 Å². The van der Waals surface area contributed by atoms with E-state index >= 15 is 0 Å². The molecule has 0 aromatic heterocycles. The standard InChI is InChI=1S/C22H23NO3/c24-14-13-23-16-19-11-12-21(25-17-18-7-3-1-4-8-18)22(15-19)26-20-9-5-2-6-10-20/h1-12,15,23-24H,13-14,16-17H2. The zero-order valence-electron chi connectivity index (χ0n) is 14.6. The van der Waals surface area contributed by atoms with Crippen LogP contribution in [0.1, 0.15) is 11.1 Å². The molecule has 0 saturated heterocycles. The van der Waals surface area contributed by atoms with Crippen molar-refractivity contribution in [1.82, 2.24) is 5.32 Å². The first-order valence-electron chi connectivity index (χ1n) is 8.69. The number of aliphatic hydroxyl groups is 1. The fourth-order valence-electron chi connectivity index (χ4n) is 2.52. The number of nitrogens with one attached hydrogen (secondary N) is 1. The van der Waals surface area contributed by atoms with Gasteiger partial charge >= 0.3 is 0 Å². The van der Waals surface area contributed by atoms with E-state index in [1.54, 1.807) is 0 Å². The number of hydrogen-bond donors (Lipinski definition) is 2. The highest BCUT2D eigenvalue weighted by Gasteiger charge is 2.09. The number of benzene rings is 3. The molecule has 0 bridgehead atoms. The van der Waals surface area contributed by atoms with Crippen molar-refractivity contribution in [2.75, 3.05) is 13.2 Å². The molecule has 26 heavy (non-hydrogen) atoms. The second-order valence-corrected chi connectivity index (χ2v) is 5.87. The number of ether oxygens (including phenoxy) is 2. The molecule has 2 N–H and O–H groups in total. The largest absolute Gasteiger partial charge is 0.485 e. The van der Waals surface area contributed by atoms with Crippen LogP contribution in [-0.4, -0.2) is 18.3 Å². The predicted octanol–water partition coefficient (Wildman–Crippen LogP) is 4.14. The van der Waals surface area contributed by atoms with Gasteiger partial charge in [-0.05, 0) is 35.4 Å². The summed E-state index contributed by atoms with van der Waals surface area (Å²) >= 11 is 0. The second kappa shape index (κ2) is 9.61. The summed E-state index contributed by atoms with van der Waals surface area (Å²) in [6.45, 7) is 1.81. The average Bonchev–Trinajstić information content (AvgIpc) is 2.69. The van der Waals surface area contributed by atoms with Crippen LogP contribution in [0.25, 0.3) is 0 Å². The quantitative estimate of drug-likeness (QED) is 0.570. The van der Waals surface area contributed by atoms with Crippen LogP contribution in [0.5, 0.6) is 17.2 Å². The maximum Gasteiger partial charge on any atom is 0.169 e. The highest BCUT2D eigenvalue weighted by Crippen LogP contribution is 2.33. The molecule has 3 aromatic carbocycles. The van der Waals surface area contributed by atoms with E-state index in [0.717, 1.165) is 16.9 Å². The lowest BCUT2D eigenvalue weighted by Gasteiger charge is -2.14. The maximum absolute atomic E-state index is 8.91. The first-order valence-corrected chi connectivity index (χ1v) is 8.69. The van der Waals surface area contributed by atoms with Crippen molar-refractivity contribution in [3.8, 4) is 17.2 Å². The molecule has 0 aliphatic rings. The van der Waals surface area contributed by atoms with Crippen LogP contribution in [0.2, 0.25) is 0 Å². The Hall–Kier alpha value is -2.82. The lowest BCUT2D eigenvalue weighted by Crippen LogP contribution is -2.17. The molecule has 0 spiro atoms. The Bertz CT molecular complexity index is 791. The van der Waals surface area contributed by atoms with Crippen molar-refractivity contribution in [1.29, 1.82) is 0 Å². The molecular weight excluding hydrogens is 326 g/mol. The molecule has 0 heterocycles. The molecule has 3 rings (SSSR count). The number of aliphatic hydroxyl groups excluding tert-OH is 1. The monoisotopic (exact) mass is 349 g/mol. The Labute approximate surface area is 154 Å². The van der Waals surface area contributed by atoms with Crippen molar-refractivity contribution >= 4 is 0 Å². The smallest absolute Gasteiger partial charge is 0.169 e. The Morgan fingerprint density at radius 1 is 0.769 bits per heavy atom. The zero-order chi connectivity index (χ0) is 18.0. The predicted molar refractivity (Wildman–Crippen MR) is 103 cm³/mol. The third-order valence-corrected chi connectivity index (χ3v) is 3.83. The molecule has 134 valence electrons. The molecule has 3 aromatic rings. The summed E-state index contributed by atoms with van der Waals surface area (Å²) in [5, 5.41) is 12.1. The van der Waals surface area contributed by atoms with Gasteiger partial charge in [-0.25, -0.2) is 0 Å². The molecule has 0 saturated carbocycles. The topological polar surface area (TPSA) is 50.7 Å². The van der Waals surface area contributed by atoms with Crippen LogP contribution in [-0.2, 0) is 13.2 Å². The Balaban J connectivity index is 1.77. The summed E-state index contributed by atoms with van der Waals surface area (Å²) in [6.07, 6.45) is 0. The van der Waals surface area contributed by atoms with Gasteiger partial charge < -0.3 is 19.9 Å². The lowest BCUT2D eigenvalue weighted by atomic mass is 10.2. The van der Waals surface area contributed by atoms with Gasteiger partial charge in [0.05, 0.1) is 6.61 Å². The molecule has 0 radical (unpaired) electrons. The maximum atomic E-state index is 8.91. The van der Waals surface area contributed by atoms with Gasteiger partial charge in [-0.3, -0.25) is 0 Å². The van der Waals surface area contributed by atoms with Crippen LogP contribution in [0, 0.1) is 0 Å². The normalized spacial score (nSPS) is 10.5. The third kappa shape index (κ3) is 5.34. The van der Waals surface area contributed by atoms with Crippen molar-refractivity contribution in [3.05, 3.63) is 90.0 Å². The summed E-state index contributed by atoms with van der Waals surface area (Å²) in [5.74, 6) is 2.14. The fourth-order valence-corrected chi connectivity index (χ4v) is 2.52. The van der Waals surface area contributed by atoms with E-state index in [1.165, 1.54) is 0 Å². The van der Waals surface area contributed by atoms with Crippen molar-refractivity contribution in [3.63, 3.8) is 0 Å². The van der Waals surface area contributed by atoms with E-state index in [-0.39, 0.29) is 6.61 Å². The SMILES string of the molecule is OCCNCc1ccc(OCc2ccccc2)c(Oc2ccccc2)c1. The molecule has 4 nitrogen and oxygen atoms in total. The van der Waals surface area contributed by atoms with E-state index in [4.69, 9.17) is 14.6 Å². The molecular formula is C22H23NO3. The van der Waals surface area contributed by atoms with Crippen LogP contribution in [0.4, 0.5) is 0 Å². The van der Waals surface area contributed by atoms with E-state index < -0.39 is 0 Å². The Morgan fingerprint density at radius 2 is 1.50 bits per heavy atom. The van der Waals surface area contributed by atoms with Crippen LogP contribution >= 0.6 is 0 Å². The summed E-state index contributed by atoms with van der Waals surface area (Å²) < 4.78 is 12.0. The molecule has 0 fully saturated rings. The summed E-state index contributed by atoms with van der Waals surface area (Å²) in [5.41, 5.74) is 2.17. The average molecular weight is 349 g/mol.